The molecule has 1 saturated carbocycles. The molecular weight excluding hydrogens is 376 g/mol. The molecule has 0 amide bonds. The molecule has 3 rings (SSSR count). The summed E-state index contributed by atoms with van der Waals surface area (Å²) in [6.45, 7) is 6.98. The molecule has 2 aromatic rings. The molecule has 0 spiro atoms. The molecule has 0 bridgehead atoms. The van der Waals surface area contributed by atoms with Crippen LogP contribution in [0, 0.1) is 11.3 Å². The Hall–Kier alpha value is -2.43. The van der Waals surface area contributed by atoms with E-state index in [1.807, 2.05) is 24.3 Å². The largest absolute Gasteiger partial charge is 0.481 e. The third kappa shape index (κ3) is 6.54. The highest BCUT2D eigenvalue weighted by atomic mass is 16.5. The SMILES string of the molecule is CC(C)(C)C1CCC(Oc2ccc(-c3cccc(CCCCC(=O)O)c3)nn2)CC1. The molecule has 1 heterocycles. The number of nitrogens with zero attached hydrogens (tertiary/aromatic N) is 2. The average Bonchev–Trinajstić information content (AvgIpc) is 2.72. The Balaban J connectivity index is 1.53. The van der Waals surface area contributed by atoms with Crippen LogP contribution in [-0.4, -0.2) is 27.4 Å². The Bertz CT molecular complexity index is 819. The van der Waals surface area contributed by atoms with Crippen molar-refractivity contribution in [3.05, 3.63) is 42.0 Å². The summed E-state index contributed by atoms with van der Waals surface area (Å²) in [7, 11) is 0. The van der Waals surface area contributed by atoms with E-state index in [0.29, 0.717) is 17.7 Å². The van der Waals surface area contributed by atoms with Crippen molar-refractivity contribution >= 4 is 5.97 Å². The van der Waals surface area contributed by atoms with Gasteiger partial charge < -0.3 is 9.84 Å². The quantitative estimate of drug-likeness (QED) is 0.547. The molecule has 1 aromatic heterocycles. The maximum Gasteiger partial charge on any atom is 0.303 e. The van der Waals surface area contributed by atoms with E-state index in [-0.39, 0.29) is 12.5 Å². The predicted molar refractivity (Wildman–Crippen MR) is 118 cm³/mol. The van der Waals surface area contributed by atoms with E-state index >= 15 is 0 Å². The van der Waals surface area contributed by atoms with Gasteiger partial charge in [0.05, 0.1) is 5.69 Å². The van der Waals surface area contributed by atoms with Gasteiger partial charge >= 0.3 is 5.97 Å². The van der Waals surface area contributed by atoms with Gasteiger partial charge in [-0.1, -0.05) is 39.0 Å². The zero-order chi connectivity index (χ0) is 21.6. The lowest BCUT2D eigenvalue weighted by molar-refractivity contribution is -0.137. The number of benzene rings is 1. The number of carboxylic acids is 1. The summed E-state index contributed by atoms with van der Waals surface area (Å²) in [4.78, 5) is 10.6. The molecule has 0 aliphatic heterocycles. The average molecular weight is 411 g/mol. The van der Waals surface area contributed by atoms with Gasteiger partial charge in [0, 0.05) is 18.1 Å². The summed E-state index contributed by atoms with van der Waals surface area (Å²) in [5.41, 5.74) is 3.41. The fraction of sp³-hybridized carbons (Fsp3) is 0.560. The van der Waals surface area contributed by atoms with Crippen molar-refractivity contribution in [3.8, 4) is 17.1 Å². The summed E-state index contributed by atoms with van der Waals surface area (Å²) in [5.74, 6) is 0.633. The van der Waals surface area contributed by atoms with E-state index in [9.17, 15) is 4.79 Å². The van der Waals surface area contributed by atoms with E-state index in [4.69, 9.17) is 9.84 Å². The molecule has 0 saturated heterocycles. The van der Waals surface area contributed by atoms with Gasteiger partial charge in [-0.2, -0.15) is 0 Å². The molecule has 5 heteroatoms. The first kappa shape index (κ1) is 22.3. The molecule has 1 aromatic carbocycles. The molecule has 5 nitrogen and oxygen atoms in total. The lowest BCUT2D eigenvalue weighted by atomic mass is 9.72. The number of ether oxygens (including phenoxy) is 1. The summed E-state index contributed by atoms with van der Waals surface area (Å²) in [6.07, 6.45) is 7.46. The number of carboxylic acid groups (broad SMARTS) is 1. The molecule has 0 radical (unpaired) electrons. The Kier molecular flexibility index (Phi) is 7.46. The first-order valence-electron chi connectivity index (χ1n) is 11.1. The van der Waals surface area contributed by atoms with Crippen molar-refractivity contribution in [2.24, 2.45) is 11.3 Å². The van der Waals surface area contributed by atoms with Gasteiger partial charge in [-0.25, -0.2) is 0 Å². The zero-order valence-corrected chi connectivity index (χ0v) is 18.4. The smallest absolute Gasteiger partial charge is 0.303 e. The van der Waals surface area contributed by atoms with Gasteiger partial charge in [0.1, 0.15) is 6.10 Å². The van der Waals surface area contributed by atoms with E-state index in [2.05, 4.69) is 43.1 Å². The highest BCUT2D eigenvalue weighted by Gasteiger charge is 2.30. The summed E-state index contributed by atoms with van der Waals surface area (Å²) < 4.78 is 6.09. The van der Waals surface area contributed by atoms with Crippen molar-refractivity contribution in [2.45, 2.75) is 78.2 Å². The van der Waals surface area contributed by atoms with Crippen LogP contribution in [0.3, 0.4) is 0 Å². The first-order chi connectivity index (χ1) is 14.3. The van der Waals surface area contributed by atoms with E-state index in [1.54, 1.807) is 0 Å². The minimum Gasteiger partial charge on any atom is -0.481 e. The van der Waals surface area contributed by atoms with Gasteiger partial charge in [0.2, 0.25) is 5.88 Å². The first-order valence-corrected chi connectivity index (χ1v) is 11.1. The molecule has 30 heavy (non-hydrogen) atoms. The standard InChI is InChI=1S/C25H34N2O3/c1-25(2,3)20-11-13-21(14-12-20)30-23-16-15-22(26-27-23)19-9-6-8-18(17-19)7-4-5-10-24(28)29/h6,8-9,15-17,20-21H,4-5,7,10-14H2,1-3H3,(H,28,29). The van der Waals surface area contributed by atoms with E-state index < -0.39 is 5.97 Å². The number of hydrogen-bond donors (Lipinski definition) is 1. The number of carbonyl (C=O) groups is 1. The van der Waals surface area contributed by atoms with Crippen LogP contribution in [0.15, 0.2) is 36.4 Å². The number of unbranched alkanes of at least 4 members (excludes halogenated alkanes) is 1. The molecule has 1 fully saturated rings. The zero-order valence-electron chi connectivity index (χ0n) is 18.4. The third-order valence-corrected chi connectivity index (χ3v) is 6.16. The second-order valence-corrected chi connectivity index (χ2v) is 9.52. The summed E-state index contributed by atoms with van der Waals surface area (Å²) >= 11 is 0. The lowest BCUT2D eigenvalue weighted by Crippen LogP contribution is -2.30. The van der Waals surface area contributed by atoms with Gasteiger partial charge in [-0.05, 0) is 74.0 Å². The number of hydrogen-bond acceptors (Lipinski definition) is 4. The van der Waals surface area contributed by atoms with Crippen molar-refractivity contribution in [1.82, 2.24) is 10.2 Å². The highest BCUT2D eigenvalue weighted by molar-refractivity contribution is 5.66. The van der Waals surface area contributed by atoms with Crippen LogP contribution < -0.4 is 4.74 Å². The van der Waals surface area contributed by atoms with Crippen LogP contribution >= 0.6 is 0 Å². The van der Waals surface area contributed by atoms with Crippen LogP contribution in [0.5, 0.6) is 5.88 Å². The number of aromatic nitrogens is 2. The molecule has 162 valence electrons. The monoisotopic (exact) mass is 410 g/mol. The Morgan fingerprint density at radius 3 is 2.47 bits per heavy atom. The van der Waals surface area contributed by atoms with Crippen LogP contribution in [0.25, 0.3) is 11.3 Å². The minimum absolute atomic E-state index is 0.227. The Morgan fingerprint density at radius 1 is 1.07 bits per heavy atom. The molecule has 0 unspecified atom stereocenters. The van der Waals surface area contributed by atoms with Gasteiger partial charge in [0.25, 0.3) is 0 Å². The van der Waals surface area contributed by atoms with E-state index in [1.165, 1.54) is 18.4 Å². The molecule has 0 atom stereocenters. The highest BCUT2D eigenvalue weighted by Crippen LogP contribution is 2.38. The van der Waals surface area contributed by atoms with Crippen LogP contribution in [0.1, 0.15) is 71.3 Å². The predicted octanol–water partition coefficient (Wildman–Crippen LogP) is 5.92. The number of aliphatic carboxylic acids is 1. The Labute approximate surface area is 179 Å². The maximum absolute atomic E-state index is 10.6. The van der Waals surface area contributed by atoms with Crippen molar-refractivity contribution in [1.29, 1.82) is 0 Å². The molecule has 1 N–H and O–H groups in total. The van der Waals surface area contributed by atoms with Crippen molar-refractivity contribution < 1.29 is 14.6 Å². The van der Waals surface area contributed by atoms with Gasteiger partial charge in [0.15, 0.2) is 0 Å². The van der Waals surface area contributed by atoms with Crippen LogP contribution in [0.2, 0.25) is 0 Å². The summed E-state index contributed by atoms with van der Waals surface area (Å²) in [6, 6.07) is 12.1. The fourth-order valence-electron chi connectivity index (χ4n) is 4.25. The van der Waals surface area contributed by atoms with Crippen molar-refractivity contribution in [2.75, 3.05) is 0 Å². The van der Waals surface area contributed by atoms with Gasteiger partial charge in [-0.3, -0.25) is 4.79 Å². The fourth-order valence-corrected chi connectivity index (χ4v) is 4.25. The third-order valence-electron chi connectivity index (χ3n) is 6.16. The second-order valence-electron chi connectivity index (χ2n) is 9.52. The van der Waals surface area contributed by atoms with Crippen LogP contribution in [-0.2, 0) is 11.2 Å². The summed E-state index contributed by atoms with van der Waals surface area (Å²) in [5, 5.41) is 17.4. The molecule has 1 aliphatic rings. The topological polar surface area (TPSA) is 72.3 Å². The second kappa shape index (κ2) is 10.1. The van der Waals surface area contributed by atoms with Gasteiger partial charge in [-0.15, -0.1) is 10.2 Å². The van der Waals surface area contributed by atoms with Crippen molar-refractivity contribution in [3.63, 3.8) is 0 Å². The number of rotatable bonds is 8. The number of aryl methyl sites for hydroxylation is 1. The molecular formula is C25H34N2O3. The van der Waals surface area contributed by atoms with Crippen LogP contribution in [0.4, 0.5) is 0 Å². The maximum atomic E-state index is 10.6. The Morgan fingerprint density at radius 2 is 1.83 bits per heavy atom. The normalized spacial score (nSPS) is 19.4. The molecule has 1 aliphatic carbocycles. The van der Waals surface area contributed by atoms with E-state index in [0.717, 1.165) is 42.9 Å². The lowest BCUT2D eigenvalue weighted by Gasteiger charge is -2.36. The minimum atomic E-state index is -0.733.